The number of carbonyl (C=O) groups is 2. The molecule has 29 heavy (non-hydrogen) atoms. The average molecular weight is 419 g/mol. The molecule has 5 atom stereocenters. The van der Waals surface area contributed by atoms with E-state index in [1.165, 1.54) is 0 Å². The van der Waals surface area contributed by atoms with Gasteiger partial charge in [-0.15, -0.1) is 0 Å². The molecule has 3 fully saturated rings. The van der Waals surface area contributed by atoms with Gasteiger partial charge in [0.15, 0.2) is 13.9 Å². The molecule has 2 aliphatic carbocycles. The second-order valence-electron chi connectivity index (χ2n) is 10.2. The highest BCUT2D eigenvalue weighted by Gasteiger charge is 2.83. The van der Waals surface area contributed by atoms with E-state index < -0.39 is 37.4 Å². The standard InChI is InChI=1S/C22H30O6Si/c1-20(2,3)29(4,5)28-16-11-17-21(15(16)12-22(21,25)19(24)27-17)13-26-18(23)14-9-7-6-8-10-14/h6-10,15-17,25H,11-13H2,1-5H3/t15?,16-,17-,21+,22?/m1/s1. The lowest BCUT2D eigenvalue weighted by Crippen LogP contribution is -2.68. The lowest BCUT2D eigenvalue weighted by atomic mass is 9.51. The molecular weight excluding hydrogens is 388 g/mol. The number of hydrogen-bond acceptors (Lipinski definition) is 6. The smallest absolute Gasteiger partial charge is 0.339 e. The molecule has 0 aromatic heterocycles. The lowest BCUT2D eigenvalue weighted by molar-refractivity contribution is -0.210. The van der Waals surface area contributed by atoms with Gasteiger partial charge in [-0.1, -0.05) is 39.0 Å². The summed E-state index contributed by atoms with van der Waals surface area (Å²) >= 11 is 0. The SMILES string of the molecule is CC(C)(C)[Si](C)(C)O[C@@H]1C[C@H]2OC(=O)C3(O)CC1[C@@]23COC(=O)c1ccccc1. The van der Waals surface area contributed by atoms with E-state index in [0.717, 1.165) is 0 Å². The van der Waals surface area contributed by atoms with Crippen molar-refractivity contribution in [2.75, 3.05) is 6.61 Å². The molecule has 6 nitrogen and oxygen atoms in total. The summed E-state index contributed by atoms with van der Waals surface area (Å²) < 4.78 is 17.8. The Balaban J connectivity index is 1.56. The maximum Gasteiger partial charge on any atom is 0.339 e. The molecule has 1 aliphatic heterocycles. The fourth-order valence-corrected chi connectivity index (χ4v) is 6.29. The van der Waals surface area contributed by atoms with Crippen LogP contribution in [0.3, 0.4) is 0 Å². The number of carbonyl (C=O) groups excluding carboxylic acids is 2. The molecule has 158 valence electrons. The summed E-state index contributed by atoms with van der Waals surface area (Å²) in [4.78, 5) is 24.9. The van der Waals surface area contributed by atoms with Crippen molar-refractivity contribution in [3.63, 3.8) is 0 Å². The van der Waals surface area contributed by atoms with Gasteiger partial charge in [0.25, 0.3) is 0 Å². The Morgan fingerprint density at radius 3 is 2.55 bits per heavy atom. The number of benzene rings is 1. The first-order valence-corrected chi connectivity index (χ1v) is 13.2. The fourth-order valence-electron chi connectivity index (χ4n) is 4.92. The molecule has 7 heteroatoms. The first-order valence-electron chi connectivity index (χ1n) is 10.3. The molecule has 3 aliphatic rings. The number of aliphatic hydroxyl groups is 1. The van der Waals surface area contributed by atoms with E-state index in [4.69, 9.17) is 13.9 Å². The van der Waals surface area contributed by atoms with Crippen LogP contribution < -0.4 is 0 Å². The number of hydrogen-bond donors (Lipinski definition) is 1. The molecule has 0 amide bonds. The molecule has 0 radical (unpaired) electrons. The number of esters is 2. The van der Waals surface area contributed by atoms with Gasteiger partial charge in [-0.05, 0) is 36.7 Å². The Hall–Kier alpha value is -1.70. The van der Waals surface area contributed by atoms with Crippen LogP contribution in [-0.2, 0) is 18.7 Å². The average Bonchev–Trinajstić information content (AvgIpc) is 2.94. The molecule has 1 aromatic carbocycles. The molecule has 2 saturated carbocycles. The molecule has 1 saturated heterocycles. The first kappa shape index (κ1) is 20.6. The van der Waals surface area contributed by atoms with E-state index in [1.807, 2.05) is 6.07 Å². The number of rotatable bonds is 5. The lowest BCUT2D eigenvalue weighted by Gasteiger charge is -2.54. The van der Waals surface area contributed by atoms with Gasteiger partial charge in [-0.2, -0.15) is 0 Å². The Morgan fingerprint density at radius 1 is 1.28 bits per heavy atom. The van der Waals surface area contributed by atoms with E-state index in [1.54, 1.807) is 24.3 Å². The zero-order valence-electron chi connectivity index (χ0n) is 17.7. The van der Waals surface area contributed by atoms with Gasteiger partial charge in [0.05, 0.1) is 17.1 Å². The van der Waals surface area contributed by atoms with Crippen LogP contribution in [0, 0.1) is 11.3 Å². The maximum absolute atomic E-state index is 12.5. The van der Waals surface area contributed by atoms with Crippen molar-refractivity contribution in [3.05, 3.63) is 35.9 Å². The Morgan fingerprint density at radius 2 is 1.93 bits per heavy atom. The molecule has 2 unspecified atom stereocenters. The second kappa shape index (κ2) is 6.40. The summed E-state index contributed by atoms with van der Waals surface area (Å²) in [5.74, 6) is -1.13. The summed E-state index contributed by atoms with van der Waals surface area (Å²) in [6, 6.07) is 8.72. The molecule has 0 spiro atoms. The largest absolute Gasteiger partial charge is 0.461 e. The van der Waals surface area contributed by atoms with Gasteiger partial charge in [0.2, 0.25) is 0 Å². The van der Waals surface area contributed by atoms with Crippen LogP contribution >= 0.6 is 0 Å². The third-order valence-corrected chi connectivity index (χ3v) is 12.2. The van der Waals surface area contributed by atoms with Gasteiger partial charge < -0.3 is 19.0 Å². The van der Waals surface area contributed by atoms with E-state index >= 15 is 0 Å². The van der Waals surface area contributed by atoms with Crippen LogP contribution in [0.25, 0.3) is 0 Å². The van der Waals surface area contributed by atoms with Crippen LogP contribution in [-0.4, -0.2) is 49.8 Å². The van der Waals surface area contributed by atoms with E-state index in [-0.39, 0.29) is 23.7 Å². The fraction of sp³-hybridized carbons (Fsp3) is 0.636. The second-order valence-corrected chi connectivity index (χ2v) is 15.0. The summed E-state index contributed by atoms with van der Waals surface area (Å²) in [5.41, 5.74) is -2.06. The molecular formula is C22H30O6Si. The highest BCUT2D eigenvalue weighted by molar-refractivity contribution is 6.74. The van der Waals surface area contributed by atoms with Crippen molar-refractivity contribution in [3.8, 4) is 0 Å². The van der Waals surface area contributed by atoms with Gasteiger partial charge in [-0.25, -0.2) is 9.59 Å². The van der Waals surface area contributed by atoms with Crippen LogP contribution in [0.4, 0.5) is 0 Å². The Bertz CT molecular complexity index is 831. The van der Waals surface area contributed by atoms with E-state index in [0.29, 0.717) is 18.4 Å². The maximum atomic E-state index is 12.5. The monoisotopic (exact) mass is 418 g/mol. The summed E-state index contributed by atoms with van der Waals surface area (Å²) in [7, 11) is -2.04. The third-order valence-electron chi connectivity index (χ3n) is 7.71. The van der Waals surface area contributed by atoms with Crippen LogP contribution in [0.2, 0.25) is 18.1 Å². The zero-order valence-corrected chi connectivity index (χ0v) is 18.7. The van der Waals surface area contributed by atoms with Crippen molar-refractivity contribution in [1.82, 2.24) is 0 Å². The van der Waals surface area contributed by atoms with Crippen molar-refractivity contribution in [1.29, 1.82) is 0 Å². The van der Waals surface area contributed by atoms with Crippen LogP contribution in [0.15, 0.2) is 30.3 Å². The van der Waals surface area contributed by atoms with Crippen LogP contribution in [0.1, 0.15) is 44.0 Å². The van der Waals surface area contributed by atoms with Gasteiger partial charge in [0.1, 0.15) is 12.7 Å². The minimum Gasteiger partial charge on any atom is -0.461 e. The van der Waals surface area contributed by atoms with Crippen molar-refractivity contribution in [2.45, 2.75) is 69.6 Å². The van der Waals surface area contributed by atoms with Crippen molar-refractivity contribution >= 4 is 20.3 Å². The molecule has 1 heterocycles. The normalized spacial score (nSPS) is 35.7. The summed E-state index contributed by atoms with van der Waals surface area (Å²) in [6.07, 6.45) is 0.236. The Kier molecular flexibility index (Phi) is 4.54. The number of ether oxygens (including phenoxy) is 2. The molecule has 0 bridgehead atoms. The highest BCUT2D eigenvalue weighted by atomic mass is 28.4. The molecule has 1 N–H and O–H groups in total. The van der Waals surface area contributed by atoms with Crippen LogP contribution in [0.5, 0.6) is 0 Å². The van der Waals surface area contributed by atoms with E-state index in [2.05, 4.69) is 33.9 Å². The quantitative estimate of drug-likeness (QED) is 0.584. The zero-order chi connectivity index (χ0) is 21.2. The highest BCUT2D eigenvalue weighted by Crippen LogP contribution is 2.69. The van der Waals surface area contributed by atoms with Gasteiger partial charge in [-0.3, -0.25) is 0 Å². The first-order chi connectivity index (χ1) is 13.4. The van der Waals surface area contributed by atoms with Crippen molar-refractivity contribution < 1.29 is 28.6 Å². The third kappa shape index (κ3) is 2.81. The minimum atomic E-state index is -2.04. The predicted molar refractivity (Wildman–Crippen MR) is 109 cm³/mol. The van der Waals surface area contributed by atoms with Gasteiger partial charge in [0, 0.05) is 12.3 Å². The summed E-state index contributed by atoms with van der Waals surface area (Å²) in [5, 5.41) is 11.1. The predicted octanol–water partition coefficient (Wildman–Crippen LogP) is 3.30. The van der Waals surface area contributed by atoms with Gasteiger partial charge >= 0.3 is 11.9 Å². The molecule has 4 rings (SSSR count). The van der Waals surface area contributed by atoms with Crippen molar-refractivity contribution in [2.24, 2.45) is 11.3 Å². The molecule has 1 aromatic rings. The minimum absolute atomic E-state index is 0.0460. The topological polar surface area (TPSA) is 82.1 Å². The van der Waals surface area contributed by atoms with E-state index in [9.17, 15) is 14.7 Å². The Labute approximate surface area is 172 Å². The summed E-state index contributed by atoms with van der Waals surface area (Å²) in [6.45, 7) is 10.9.